The van der Waals surface area contributed by atoms with Crippen LogP contribution in [0, 0.1) is 0 Å². The first-order valence-corrected chi connectivity index (χ1v) is 6.03. The number of rotatable bonds is 5. The van der Waals surface area contributed by atoms with E-state index in [4.69, 9.17) is 16.3 Å². The van der Waals surface area contributed by atoms with Crippen LogP contribution in [0.5, 0.6) is 5.75 Å². The summed E-state index contributed by atoms with van der Waals surface area (Å²) < 4.78 is 6.13. The minimum absolute atomic E-state index is 0.159. The Hall–Kier alpha value is -0.250. The van der Waals surface area contributed by atoms with Gasteiger partial charge in [0.15, 0.2) is 0 Å². The van der Waals surface area contributed by atoms with Crippen LogP contribution in [0.4, 0.5) is 0 Å². The van der Waals surface area contributed by atoms with E-state index in [-0.39, 0.29) is 5.38 Å². The fraction of sp³-hybridized carbons (Fsp3) is 0.455. The number of nitrogens with one attached hydrogen (secondary N) is 1. The maximum atomic E-state index is 5.83. The van der Waals surface area contributed by atoms with Gasteiger partial charge in [-0.25, -0.2) is 0 Å². The zero-order valence-corrected chi connectivity index (χ0v) is 11.2. The van der Waals surface area contributed by atoms with Crippen molar-refractivity contribution in [2.24, 2.45) is 0 Å². The molecule has 1 atom stereocenters. The number of halogens is 2. The quantitative estimate of drug-likeness (QED) is 0.842. The lowest BCUT2D eigenvalue weighted by Gasteiger charge is -2.08. The van der Waals surface area contributed by atoms with Crippen LogP contribution in [0.2, 0.25) is 0 Å². The third-order valence-electron chi connectivity index (χ3n) is 1.97. The molecular formula is C11H15BrClNO. The molecule has 0 aromatic heterocycles. The van der Waals surface area contributed by atoms with E-state index >= 15 is 0 Å². The minimum atomic E-state index is 0.159. The van der Waals surface area contributed by atoms with Gasteiger partial charge in [0.1, 0.15) is 5.75 Å². The molecule has 1 aromatic rings. The molecule has 1 aromatic carbocycles. The largest absolute Gasteiger partial charge is 0.496 e. The maximum Gasteiger partial charge on any atom is 0.133 e. The first-order chi connectivity index (χ1) is 7.13. The molecule has 0 spiro atoms. The molecule has 0 radical (unpaired) electrons. The summed E-state index contributed by atoms with van der Waals surface area (Å²) in [6.45, 7) is 3.60. The van der Waals surface area contributed by atoms with Crippen molar-refractivity contribution >= 4 is 27.5 Å². The second kappa shape index (κ2) is 6.36. The van der Waals surface area contributed by atoms with Gasteiger partial charge in [-0.15, -0.1) is 11.6 Å². The summed E-state index contributed by atoms with van der Waals surface area (Å²) in [4.78, 5) is 0. The average Bonchev–Trinajstić information content (AvgIpc) is 2.17. The van der Waals surface area contributed by atoms with Crippen LogP contribution in [0.25, 0.3) is 0 Å². The number of hydrogen-bond acceptors (Lipinski definition) is 2. The molecule has 0 aliphatic heterocycles. The molecule has 4 heteroatoms. The summed E-state index contributed by atoms with van der Waals surface area (Å²) >= 11 is 9.28. The lowest BCUT2D eigenvalue weighted by atomic mass is 10.2. The molecule has 0 fully saturated rings. The fourth-order valence-electron chi connectivity index (χ4n) is 1.24. The smallest absolute Gasteiger partial charge is 0.133 e. The predicted molar refractivity (Wildman–Crippen MR) is 67.7 cm³/mol. The van der Waals surface area contributed by atoms with E-state index in [9.17, 15) is 0 Å². The maximum absolute atomic E-state index is 5.83. The molecule has 0 aliphatic rings. The highest BCUT2D eigenvalue weighted by Crippen LogP contribution is 2.25. The minimum Gasteiger partial charge on any atom is -0.496 e. The van der Waals surface area contributed by atoms with Gasteiger partial charge < -0.3 is 10.1 Å². The van der Waals surface area contributed by atoms with Gasteiger partial charge in [-0.3, -0.25) is 0 Å². The molecule has 15 heavy (non-hydrogen) atoms. The topological polar surface area (TPSA) is 21.3 Å². The summed E-state index contributed by atoms with van der Waals surface area (Å²) in [5.74, 6) is 0.851. The van der Waals surface area contributed by atoms with E-state index in [1.54, 1.807) is 7.11 Å². The second-order valence-electron chi connectivity index (χ2n) is 3.38. The highest BCUT2D eigenvalue weighted by molar-refractivity contribution is 9.10. The number of methoxy groups -OCH3 is 1. The van der Waals surface area contributed by atoms with Crippen LogP contribution in [0.1, 0.15) is 12.5 Å². The van der Waals surface area contributed by atoms with Crippen LogP contribution in [-0.2, 0) is 6.54 Å². The Morgan fingerprint density at radius 2 is 2.27 bits per heavy atom. The van der Waals surface area contributed by atoms with E-state index in [1.165, 1.54) is 5.56 Å². The standard InChI is InChI=1S/C11H15BrClNO/c1-8(13)6-14-7-9-3-4-11(15-2)10(12)5-9/h3-5,8,14H,6-7H2,1-2H3. The third kappa shape index (κ3) is 4.41. The molecule has 0 saturated heterocycles. The van der Waals surface area contributed by atoms with Crippen LogP contribution >= 0.6 is 27.5 Å². The van der Waals surface area contributed by atoms with Gasteiger partial charge >= 0.3 is 0 Å². The van der Waals surface area contributed by atoms with Crippen molar-refractivity contribution in [1.29, 1.82) is 0 Å². The van der Waals surface area contributed by atoms with E-state index < -0.39 is 0 Å². The lowest BCUT2D eigenvalue weighted by Crippen LogP contribution is -2.20. The van der Waals surface area contributed by atoms with Gasteiger partial charge in [0.2, 0.25) is 0 Å². The van der Waals surface area contributed by atoms with E-state index in [0.29, 0.717) is 0 Å². The second-order valence-corrected chi connectivity index (χ2v) is 4.98. The molecule has 1 rings (SSSR count). The first kappa shape index (κ1) is 12.8. The normalized spacial score (nSPS) is 12.5. The fourth-order valence-corrected chi connectivity index (χ4v) is 1.93. The molecule has 2 nitrogen and oxygen atoms in total. The highest BCUT2D eigenvalue weighted by atomic mass is 79.9. The van der Waals surface area contributed by atoms with Gasteiger partial charge in [-0.1, -0.05) is 6.07 Å². The summed E-state index contributed by atoms with van der Waals surface area (Å²) in [5.41, 5.74) is 1.21. The van der Waals surface area contributed by atoms with Crippen molar-refractivity contribution in [3.63, 3.8) is 0 Å². The molecule has 0 heterocycles. The monoisotopic (exact) mass is 291 g/mol. The number of alkyl halides is 1. The summed E-state index contributed by atoms with van der Waals surface area (Å²) in [5, 5.41) is 3.43. The summed E-state index contributed by atoms with van der Waals surface area (Å²) in [6.07, 6.45) is 0. The number of hydrogen-bond donors (Lipinski definition) is 1. The SMILES string of the molecule is COc1ccc(CNCC(C)Cl)cc1Br. The van der Waals surface area contributed by atoms with Gasteiger partial charge in [-0.05, 0) is 40.5 Å². The first-order valence-electron chi connectivity index (χ1n) is 4.80. The van der Waals surface area contributed by atoms with Crippen molar-refractivity contribution in [3.05, 3.63) is 28.2 Å². The molecule has 0 saturated carbocycles. The van der Waals surface area contributed by atoms with Crippen LogP contribution < -0.4 is 10.1 Å². The van der Waals surface area contributed by atoms with E-state index in [1.807, 2.05) is 25.1 Å². The van der Waals surface area contributed by atoms with Crippen molar-refractivity contribution in [2.45, 2.75) is 18.8 Å². The molecular weight excluding hydrogens is 277 g/mol. The van der Waals surface area contributed by atoms with E-state index in [0.717, 1.165) is 23.3 Å². The molecule has 0 amide bonds. The highest BCUT2D eigenvalue weighted by Gasteiger charge is 2.01. The molecule has 0 bridgehead atoms. The van der Waals surface area contributed by atoms with Crippen molar-refractivity contribution in [2.75, 3.05) is 13.7 Å². The Labute approximate surface area is 104 Å². The van der Waals surface area contributed by atoms with Gasteiger partial charge in [0.05, 0.1) is 11.6 Å². The van der Waals surface area contributed by atoms with Gasteiger partial charge in [0, 0.05) is 18.5 Å². The summed E-state index contributed by atoms with van der Waals surface area (Å²) in [7, 11) is 1.66. The van der Waals surface area contributed by atoms with Crippen molar-refractivity contribution in [1.82, 2.24) is 5.32 Å². The van der Waals surface area contributed by atoms with Crippen LogP contribution in [0.3, 0.4) is 0 Å². The van der Waals surface area contributed by atoms with Crippen molar-refractivity contribution < 1.29 is 4.74 Å². The Bertz CT molecular complexity index is 317. The summed E-state index contributed by atoms with van der Waals surface area (Å²) in [6, 6.07) is 6.03. The third-order valence-corrected chi connectivity index (χ3v) is 2.74. The van der Waals surface area contributed by atoms with Crippen LogP contribution in [-0.4, -0.2) is 19.0 Å². The van der Waals surface area contributed by atoms with Gasteiger partial charge in [0.25, 0.3) is 0 Å². The molecule has 1 unspecified atom stereocenters. The molecule has 0 aliphatic carbocycles. The lowest BCUT2D eigenvalue weighted by molar-refractivity contribution is 0.412. The Morgan fingerprint density at radius 1 is 1.53 bits per heavy atom. The molecule has 1 N–H and O–H groups in total. The zero-order chi connectivity index (χ0) is 11.3. The Kier molecular flexibility index (Phi) is 5.43. The van der Waals surface area contributed by atoms with Crippen molar-refractivity contribution in [3.8, 4) is 5.75 Å². The van der Waals surface area contributed by atoms with Crippen LogP contribution in [0.15, 0.2) is 22.7 Å². The van der Waals surface area contributed by atoms with Gasteiger partial charge in [-0.2, -0.15) is 0 Å². The predicted octanol–water partition coefficient (Wildman–Crippen LogP) is 3.17. The zero-order valence-electron chi connectivity index (χ0n) is 8.89. The number of benzene rings is 1. The average molecular weight is 293 g/mol. The van der Waals surface area contributed by atoms with E-state index in [2.05, 4.69) is 21.2 Å². The Morgan fingerprint density at radius 3 is 2.80 bits per heavy atom. The molecule has 84 valence electrons. The number of ether oxygens (including phenoxy) is 1. The Balaban J connectivity index is 2.52.